The van der Waals surface area contributed by atoms with Gasteiger partial charge in [-0.2, -0.15) is 11.3 Å². The summed E-state index contributed by atoms with van der Waals surface area (Å²) in [6, 6.07) is 2.40. The van der Waals surface area contributed by atoms with Gasteiger partial charge in [0.05, 0.1) is 17.3 Å². The summed E-state index contributed by atoms with van der Waals surface area (Å²) in [6.45, 7) is 8.89. The Morgan fingerprint density at radius 2 is 2.26 bits per heavy atom. The van der Waals surface area contributed by atoms with Gasteiger partial charge in [-0.15, -0.1) is 0 Å². The highest BCUT2D eigenvalue weighted by Gasteiger charge is 2.31. The molecule has 1 aliphatic rings. The molecule has 124 valence electrons. The predicted molar refractivity (Wildman–Crippen MR) is 92.6 cm³/mol. The standard InChI is InChI=1S/C17H24N4OS/c1-12(2)19(4)10-15-9-18-16-13(3)20(6-7-21(15)16)17(22)14-5-8-23-11-14/h5,8-9,11-13H,6-7,10H2,1-4H3. The van der Waals surface area contributed by atoms with Crippen molar-refractivity contribution in [2.24, 2.45) is 0 Å². The van der Waals surface area contributed by atoms with Crippen LogP contribution in [0, 0.1) is 0 Å². The largest absolute Gasteiger partial charge is 0.327 e. The second-order valence-corrected chi connectivity index (χ2v) is 7.23. The molecular formula is C17H24N4OS. The lowest BCUT2D eigenvalue weighted by atomic mass is 10.1. The number of fused-ring (bicyclic) bond motifs is 1. The first kappa shape index (κ1) is 16.2. The van der Waals surface area contributed by atoms with Crippen molar-refractivity contribution in [3.05, 3.63) is 40.1 Å². The molecule has 1 amide bonds. The summed E-state index contributed by atoms with van der Waals surface area (Å²) >= 11 is 1.56. The lowest BCUT2D eigenvalue weighted by Crippen LogP contribution is -2.41. The topological polar surface area (TPSA) is 41.4 Å². The van der Waals surface area contributed by atoms with Crippen molar-refractivity contribution in [2.45, 2.75) is 45.9 Å². The second-order valence-electron chi connectivity index (χ2n) is 6.45. The average molecular weight is 332 g/mol. The maximum atomic E-state index is 12.6. The van der Waals surface area contributed by atoms with Gasteiger partial charge in [0.15, 0.2) is 0 Å². The molecule has 0 spiro atoms. The van der Waals surface area contributed by atoms with Crippen LogP contribution in [0.1, 0.15) is 48.7 Å². The van der Waals surface area contributed by atoms with Crippen LogP contribution in [0.15, 0.2) is 23.0 Å². The summed E-state index contributed by atoms with van der Waals surface area (Å²) in [5.41, 5.74) is 2.01. The molecule has 3 heterocycles. The minimum absolute atomic E-state index is 0.00857. The van der Waals surface area contributed by atoms with E-state index in [4.69, 9.17) is 0 Å². The van der Waals surface area contributed by atoms with E-state index in [0.29, 0.717) is 6.04 Å². The molecule has 5 nitrogen and oxygen atoms in total. The van der Waals surface area contributed by atoms with Crippen LogP contribution in [0.3, 0.4) is 0 Å². The zero-order valence-corrected chi connectivity index (χ0v) is 15.0. The number of carbonyl (C=O) groups is 1. The van der Waals surface area contributed by atoms with Crippen molar-refractivity contribution in [3.63, 3.8) is 0 Å². The zero-order chi connectivity index (χ0) is 16.6. The first-order chi connectivity index (χ1) is 11.0. The van der Waals surface area contributed by atoms with Gasteiger partial charge in [-0.25, -0.2) is 4.98 Å². The third-order valence-electron chi connectivity index (χ3n) is 4.70. The normalized spacial score (nSPS) is 17.8. The Hall–Kier alpha value is -1.66. The maximum absolute atomic E-state index is 12.6. The van der Waals surface area contributed by atoms with E-state index < -0.39 is 0 Å². The molecule has 1 atom stereocenters. The molecule has 0 saturated heterocycles. The molecule has 0 aromatic carbocycles. The summed E-state index contributed by atoms with van der Waals surface area (Å²) in [5, 5.41) is 3.86. The number of amides is 1. The van der Waals surface area contributed by atoms with E-state index in [1.807, 2.05) is 27.9 Å². The van der Waals surface area contributed by atoms with Crippen LogP contribution >= 0.6 is 11.3 Å². The van der Waals surface area contributed by atoms with Gasteiger partial charge in [-0.1, -0.05) is 0 Å². The Morgan fingerprint density at radius 3 is 2.91 bits per heavy atom. The second kappa shape index (κ2) is 6.45. The Morgan fingerprint density at radius 1 is 1.48 bits per heavy atom. The molecule has 2 aromatic heterocycles. The number of hydrogen-bond donors (Lipinski definition) is 0. The molecule has 3 rings (SSSR count). The number of nitrogens with zero attached hydrogens (tertiary/aromatic N) is 4. The molecule has 23 heavy (non-hydrogen) atoms. The van der Waals surface area contributed by atoms with Crippen LogP contribution in [0.2, 0.25) is 0 Å². The number of aromatic nitrogens is 2. The van der Waals surface area contributed by atoms with Crippen LogP contribution < -0.4 is 0 Å². The number of carbonyl (C=O) groups excluding carboxylic acids is 1. The fraction of sp³-hybridized carbons (Fsp3) is 0.529. The highest BCUT2D eigenvalue weighted by Crippen LogP contribution is 2.27. The highest BCUT2D eigenvalue weighted by molar-refractivity contribution is 7.08. The van der Waals surface area contributed by atoms with Crippen LogP contribution in [-0.4, -0.2) is 44.9 Å². The molecule has 0 saturated carbocycles. The van der Waals surface area contributed by atoms with Crippen LogP contribution in [0.5, 0.6) is 0 Å². The number of imidazole rings is 1. The summed E-state index contributed by atoms with van der Waals surface area (Å²) < 4.78 is 2.28. The van der Waals surface area contributed by atoms with Gasteiger partial charge in [0.1, 0.15) is 5.82 Å². The van der Waals surface area contributed by atoms with Crippen molar-refractivity contribution in [2.75, 3.05) is 13.6 Å². The van der Waals surface area contributed by atoms with Gasteiger partial charge in [0, 0.05) is 37.3 Å². The van der Waals surface area contributed by atoms with Crippen molar-refractivity contribution >= 4 is 17.2 Å². The Labute approximate surface area is 141 Å². The predicted octanol–water partition coefficient (Wildman–Crippen LogP) is 3.00. The molecule has 0 fully saturated rings. The first-order valence-electron chi connectivity index (χ1n) is 8.06. The highest BCUT2D eigenvalue weighted by atomic mass is 32.1. The summed E-state index contributed by atoms with van der Waals surface area (Å²) in [4.78, 5) is 21.5. The number of rotatable bonds is 4. The van der Waals surface area contributed by atoms with Crippen LogP contribution in [0.4, 0.5) is 0 Å². The molecule has 1 aliphatic heterocycles. The van der Waals surface area contributed by atoms with E-state index in [-0.39, 0.29) is 11.9 Å². The molecule has 0 bridgehead atoms. The van der Waals surface area contributed by atoms with Crippen molar-refractivity contribution < 1.29 is 4.79 Å². The minimum atomic E-state index is 0.00857. The molecular weight excluding hydrogens is 308 g/mol. The van der Waals surface area contributed by atoms with E-state index in [9.17, 15) is 4.79 Å². The fourth-order valence-corrected chi connectivity index (χ4v) is 3.58. The monoisotopic (exact) mass is 332 g/mol. The van der Waals surface area contributed by atoms with E-state index in [0.717, 1.165) is 31.0 Å². The van der Waals surface area contributed by atoms with E-state index in [1.54, 1.807) is 11.3 Å². The molecule has 2 aromatic rings. The van der Waals surface area contributed by atoms with Crippen molar-refractivity contribution in [1.82, 2.24) is 19.4 Å². The minimum Gasteiger partial charge on any atom is -0.327 e. The lowest BCUT2D eigenvalue weighted by Gasteiger charge is -2.34. The third kappa shape index (κ3) is 3.05. The number of hydrogen-bond acceptors (Lipinski definition) is 4. The quantitative estimate of drug-likeness (QED) is 0.864. The maximum Gasteiger partial charge on any atom is 0.255 e. The van der Waals surface area contributed by atoms with E-state index >= 15 is 0 Å². The molecule has 0 N–H and O–H groups in total. The molecule has 0 aliphatic carbocycles. The Bertz CT molecular complexity index is 677. The SMILES string of the molecule is CC(C)N(C)Cc1cnc2n1CCN(C(=O)c1ccsc1)C2C. The van der Waals surface area contributed by atoms with Crippen molar-refractivity contribution in [3.8, 4) is 0 Å². The van der Waals surface area contributed by atoms with Crippen LogP contribution in [0.25, 0.3) is 0 Å². The summed E-state index contributed by atoms with van der Waals surface area (Å²) in [7, 11) is 2.13. The lowest BCUT2D eigenvalue weighted by molar-refractivity contribution is 0.0635. The Kier molecular flexibility index (Phi) is 4.55. The van der Waals surface area contributed by atoms with Gasteiger partial charge in [-0.3, -0.25) is 9.69 Å². The van der Waals surface area contributed by atoms with Gasteiger partial charge >= 0.3 is 0 Å². The van der Waals surface area contributed by atoms with Gasteiger partial charge < -0.3 is 9.47 Å². The van der Waals surface area contributed by atoms with Crippen molar-refractivity contribution in [1.29, 1.82) is 0 Å². The van der Waals surface area contributed by atoms with Gasteiger partial charge in [-0.05, 0) is 39.3 Å². The van der Waals surface area contributed by atoms with E-state index in [1.165, 1.54) is 5.69 Å². The zero-order valence-electron chi connectivity index (χ0n) is 14.2. The fourth-order valence-electron chi connectivity index (χ4n) is 2.95. The van der Waals surface area contributed by atoms with Crippen LogP contribution in [-0.2, 0) is 13.1 Å². The summed E-state index contributed by atoms with van der Waals surface area (Å²) in [6.07, 6.45) is 1.96. The van der Waals surface area contributed by atoms with Gasteiger partial charge in [0.2, 0.25) is 0 Å². The van der Waals surface area contributed by atoms with E-state index in [2.05, 4.69) is 42.3 Å². The van der Waals surface area contributed by atoms with Gasteiger partial charge in [0.25, 0.3) is 5.91 Å². The Balaban J connectivity index is 1.80. The summed E-state index contributed by atoms with van der Waals surface area (Å²) in [5.74, 6) is 1.10. The smallest absolute Gasteiger partial charge is 0.255 e. The molecule has 1 unspecified atom stereocenters. The molecule has 6 heteroatoms. The average Bonchev–Trinajstić information content (AvgIpc) is 3.17. The number of thiophene rings is 1. The molecule has 0 radical (unpaired) electrons. The first-order valence-corrected chi connectivity index (χ1v) is 9.01. The third-order valence-corrected chi connectivity index (χ3v) is 5.38.